The molecule has 0 saturated carbocycles. The lowest BCUT2D eigenvalue weighted by atomic mass is 10.0. The minimum Gasteiger partial charge on any atom is -0.338 e. The van der Waals surface area contributed by atoms with Crippen LogP contribution in [0.4, 0.5) is 0 Å². The van der Waals surface area contributed by atoms with Crippen molar-refractivity contribution in [2.75, 3.05) is 0 Å². The number of aromatic nitrogens is 2. The normalized spacial score (nSPS) is 12.6. The van der Waals surface area contributed by atoms with Gasteiger partial charge in [-0.05, 0) is 24.1 Å². The summed E-state index contributed by atoms with van der Waals surface area (Å²) in [6, 6.07) is 5.41. The molecule has 1 atom stereocenters. The summed E-state index contributed by atoms with van der Waals surface area (Å²) in [5.41, 5.74) is 3.74. The number of rotatable bonds is 5. The van der Waals surface area contributed by atoms with Gasteiger partial charge in [0, 0.05) is 41.9 Å². The van der Waals surface area contributed by atoms with Gasteiger partial charge in [-0.15, -0.1) is 0 Å². The molecule has 1 unspecified atom stereocenters. The lowest BCUT2D eigenvalue weighted by Crippen LogP contribution is -2.28. The molecule has 3 N–H and O–H groups in total. The first-order valence-electron chi connectivity index (χ1n) is 5.99. The largest absolute Gasteiger partial charge is 0.338 e. The third kappa shape index (κ3) is 3.48. The molecule has 0 fully saturated rings. The van der Waals surface area contributed by atoms with Gasteiger partial charge >= 0.3 is 0 Å². The highest BCUT2D eigenvalue weighted by Gasteiger charge is 2.14. The van der Waals surface area contributed by atoms with Gasteiger partial charge < -0.3 is 4.57 Å². The first kappa shape index (κ1) is 14.3. The Labute approximate surface area is 122 Å². The van der Waals surface area contributed by atoms with Crippen molar-refractivity contribution < 1.29 is 0 Å². The van der Waals surface area contributed by atoms with Gasteiger partial charge in [0.1, 0.15) is 5.82 Å². The molecule has 0 saturated heterocycles. The van der Waals surface area contributed by atoms with Crippen LogP contribution in [0.1, 0.15) is 23.9 Å². The Bertz CT molecular complexity index is 553. The molecule has 0 spiro atoms. The smallest absolute Gasteiger partial charge is 0.108 e. The van der Waals surface area contributed by atoms with E-state index in [0.717, 1.165) is 24.2 Å². The highest BCUT2D eigenvalue weighted by molar-refractivity contribution is 6.35. The van der Waals surface area contributed by atoms with E-state index < -0.39 is 0 Å². The van der Waals surface area contributed by atoms with Crippen LogP contribution in [-0.2, 0) is 13.5 Å². The molecule has 1 heterocycles. The van der Waals surface area contributed by atoms with E-state index in [-0.39, 0.29) is 6.04 Å². The zero-order valence-corrected chi connectivity index (χ0v) is 12.1. The molecule has 1 aromatic carbocycles. The van der Waals surface area contributed by atoms with Crippen molar-refractivity contribution in [3.05, 3.63) is 52.0 Å². The highest BCUT2D eigenvalue weighted by atomic mass is 35.5. The average molecular weight is 299 g/mol. The molecule has 6 heteroatoms. The summed E-state index contributed by atoms with van der Waals surface area (Å²) < 4.78 is 2.00. The third-order valence-corrected chi connectivity index (χ3v) is 3.68. The first-order valence-corrected chi connectivity index (χ1v) is 6.74. The second-order valence-corrected chi connectivity index (χ2v) is 5.22. The summed E-state index contributed by atoms with van der Waals surface area (Å²) in [6.07, 6.45) is 5.34. The molecule has 0 amide bonds. The van der Waals surface area contributed by atoms with Crippen molar-refractivity contribution in [1.82, 2.24) is 15.0 Å². The monoisotopic (exact) mass is 298 g/mol. The Kier molecular flexibility index (Phi) is 4.82. The number of hydrazine groups is 1. The molecule has 4 nitrogen and oxygen atoms in total. The number of hydrogen-bond donors (Lipinski definition) is 2. The van der Waals surface area contributed by atoms with E-state index in [0.29, 0.717) is 10.0 Å². The highest BCUT2D eigenvalue weighted by Crippen LogP contribution is 2.28. The summed E-state index contributed by atoms with van der Waals surface area (Å²) in [5, 5.41) is 1.24. The van der Waals surface area contributed by atoms with Gasteiger partial charge in [0.15, 0.2) is 0 Å². The van der Waals surface area contributed by atoms with Crippen molar-refractivity contribution in [2.24, 2.45) is 12.9 Å². The quantitative estimate of drug-likeness (QED) is 0.659. The fourth-order valence-electron chi connectivity index (χ4n) is 2.02. The number of hydrogen-bond acceptors (Lipinski definition) is 3. The number of nitrogens with two attached hydrogens (primary N) is 1. The van der Waals surface area contributed by atoms with Crippen molar-refractivity contribution in [2.45, 2.75) is 18.9 Å². The molecule has 2 rings (SSSR count). The molecular weight excluding hydrogens is 283 g/mol. The molecule has 0 aliphatic carbocycles. The molecule has 0 aliphatic rings. The van der Waals surface area contributed by atoms with Crippen molar-refractivity contribution in [1.29, 1.82) is 0 Å². The van der Waals surface area contributed by atoms with E-state index >= 15 is 0 Å². The van der Waals surface area contributed by atoms with E-state index in [1.165, 1.54) is 0 Å². The Hall–Kier alpha value is -1.07. The van der Waals surface area contributed by atoms with E-state index in [1.807, 2.05) is 29.9 Å². The number of aryl methyl sites for hydroxylation is 2. The summed E-state index contributed by atoms with van der Waals surface area (Å²) in [6.45, 7) is 0. The maximum absolute atomic E-state index is 6.19. The number of nitrogens with zero attached hydrogens (tertiary/aromatic N) is 2. The number of imidazole rings is 1. The van der Waals surface area contributed by atoms with Crippen LogP contribution in [0.2, 0.25) is 10.0 Å². The van der Waals surface area contributed by atoms with Crippen LogP contribution >= 0.6 is 23.2 Å². The standard InChI is InChI=1S/C13H16Cl2N4/c1-19-7-6-17-13(19)5-4-12(18-16)10-3-2-9(14)8-11(10)15/h2-3,6-8,12,18H,4-5,16H2,1H3. The minimum atomic E-state index is -0.0264. The Balaban J connectivity index is 2.10. The van der Waals surface area contributed by atoms with Crippen LogP contribution in [0, 0.1) is 0 Å². The Morgan fingerprint density at radius 1 is 1.42 bits per heavy atom. The Morgan fingerprint density at radius 3 is 2.79 bits per heavy atom. The summed E-state index contributed by atoms with van der Waals surface area (Å²) in [4.78, 5) is 4.29. The summed E-state index contributed by atoms with van der Waals surface area (Å²) >= 11 is 12.1. The summed E-state index contributed by atoms with van der Waals surface area (Å²) in [7, 11) is 1.97. The topological polar surface area (TPSA) is 55.9 Å². The molecule has 0 radical (unpaired) electrons. The van der Waals surface area contributed by atoms with Crippen LogP contribution in [0.5, 0.6) is 0 Å². The average Bonchev–Trinajstić information content (AvgIpc) is 2.78. The van der Waals surface area contributed by atoms with Crippen LogP contribution in [-0.4, -0.2) is 9.55 Å². The second-order valence-electron chi connectivity index (χ2n) is 4.38. The van der Waals surface area contributed by atoms with E-state index in [1.54, 1.807) is 12.3 Å². The fourth-order valence-corrected chi connectivity index (χ4v) is 2.56. The zero-order valence-electron chi connectivity index (χ0n) is 10.6. The molecule has 19 heavy (non-hydrogen) atoms. The predicted octanol–water partition coefficient (Wildman–Crippen LogP) is 2.86. The van der Waals surface area contributed by atoms with Gasteiger partial charge in [-0.25, -0.2) is 4.98 Å². The van der Waals surface area contributed by atoms with Gasteiger partial charge in [-0.2, -0.15) is 0 Å². The van der Waals surface area contributed by atoms with E-state index in [9.17, 15) is 0 Å². The molecule has 0 aliphatic heterocycles. The fraction of sp³-hybridized carbons (Fsp3) is 0.308. The van der Waals surface area contributed by atoms with E-state index in [2.05, 4.69) is 10.4 Å². The predicted molar refractivity (Wildman–Crippen MR) is 78.1 cm³/mol. The van der Waals surface area contributed by atoms with Crippen LogP contribution < -0.4 is 11.3 Å². The zero-order chi connectivity index (χ0) is 13.8. The first-order chi connectivity index (χ1) is 9.11. The molecule has 2 aromatic rings. The summed E-state index contributed by atoms with van der Waals surface area (Å²) in [5.74, 6) is 6.64. The molecule has 102 valence electrons. The maximum atomic E-state index is 6.19. The number of benzene rings is 1. The van der Waals surface area contributed by atoms with Crippen molar-refractivity contribution >= 4 is 23.2 Å². The van der Waals surface area contributed by atoms with Crippen LogP contribution in [0.3, 0.4) is 0 Å². The molecule has 1 aromatic heterocycles. The van der Waals surface area contributed by atoms with Crippen molar-refractivity contribution in [3.63, 3.8) is 0 Å². The van der Waals surface area contributed by atoms with Gasteiger partial charge in [0.05, 0.1) is 0 Å². The second kappa shape index (κ2) is 6.39. The third-order valence-electron chi connectivity index (χ3n) is 3.12. The molecular formula is C13H16Cl2N4. The SMILES string of the molecule is Cn1ccnc1CCC(NN)c1ccc(Cl)cc1Cl. The van der Waals surface area contributed by atoms with Gasteiger partial charge in [-0.1, -0.05) is 29.3 Å². The Morgan fingerprint density at radius 2 is 2.21 bits per heavy atom. The minimum absolute atomic E-state index is 0.0264. The molecule has 0 bridgehead atoms. The van der Waals surface area contributed by atoms with Gasteiger partial charge in [-0.3, -0.25) is 11.3 Å². The van der Waals surface area contributed by atoms with Gasteiger partial charge in [0.2, 0.25) is 0 Å². The van der Waals surface area contributed by atoms with Crippen molar-refractivity contribution in [3.8, 4) is 0 Å². The lowest BCUT2D eigenvalue weighted by Gasteiger charge is -2.17. The van der Waals surface area contributed by atoms with Crippen LogP contribution in [0.25, 0.3) is 0 Å². The lowest BCUT2D eigenvalue weighted by molar-refractivity contribution is 0.506. The number of halogens is 2. The van der Waals surface area contributed by atoms with Gasteiger partial charge in [0.25, 0.3) is 0 Å². The van der Waals surface area contributed by atoms with Crippen LogP contribution in [0.15, 0.2) is 30.6 Å². The van der Waals surface area contributed by atoms with E-state index in [4.69, 9.17) is 29.0 Å². The number of nitrogens with one attached hydrogen (secondary N) is 1. The maximum Gasteiger partial charge on any atom is 0.108 e.